The Labute approximate surface area is 349 Å². The molecule has 3 aromatic rings. The summed E-state index contributed by atoms with van der Waals surface area (Å²) in [6, 6.07) is 13.7. The number of carbonyl (C=O) groups excluding carboxylic acids is 5. The van der Waals surface area contributed by atoms with E-state index in [1.807, 2.05) is 98.7 Å². The van der Waals surface area contributed by atoms with E-state index in [-0.39, 0.29) is 47.8 Å². The first-order valence-electron chi connectivity index (χ1n) is 19.7. The molecule has 332 valence electrons. The molecule has 0 radical (unpaired) electrons. The van der Waals surface area contributed by atoms with Crippen LogP contribution in [0, 0.1) is 18.3 Å². The van der Waals surface area contributed by atoms with Gasteiger partial charge in [0.05, 0.1) is 17.7 Å². The third-order valence-corrected chi connectivity index (χ3v) is 8.66. The monoisotopic (exact) mass is 830 g/mol. The molecule has 3 rings (SSSR count). The Morgan fingerprint density at radius 3 is 2.00 bits per heavy atom. The Balaban J connectivity index is 0. The predicted molar refractivity (Wildman–Crippen MR) is 235 cm³/mol. The number of hydrogen-bond donors (Lipinski definition) is 7. The zero-order valence-corrected chi connectivity index (χ0v) is 36.7. The first kappa shape index (κ1) is 55.9. The molecule has 1 heterocycles. The topological polar surface area (TPSA) is 274 Å². The fourth-order valence-corrected chi connectivity index (χ4v) is 5.02. The molecule has 2 atom stereocenters. The van der Waals surface area contributed by atoms with Gasteiger partial charge in [-0.25, -0.2) is 4.79 Å². The average molecular weight is 830 g/mol. The number of aryl methyl sites for hydroxylation is 1. The summed E-state index contributed by atoms with van der Waals surface area (Å²) in [6.45, 7) is 19.4. The van der Waals surface area contributed by atoms with Crippen molar-refractivity contribution >= 4 is 47.6 Å². The summed E-state index contributed by atoms with van der Waals surface area (Å²) >= 11 is 0. The van der Waals surface area contributed by atoms with Crippen LogP contribution < -0.4 is 49.2 Å². The summed E-state index contributed by atoms with van der Waals surface area (Å²) in [4.78, 5) is 64.3. The van der Waals surface area contributed by atoms with E-state index < -0.39 is 11.5 Å². The molecule has 59 heavy (non-hydrogen) atoms. The molecule has 0 aliphatic rings. The van der Waals surface area contributed by atoms with E-state index in [4.69, 9.17) is 34.9 Å². The number of benzene rings is 2. The summed E-state index contributed by atoms with van der Waals surface area (Å²) in [5, 5.41) is 9.60. The predicted octanol–water partition coefficient (Wildman–Crippen LogP) is 4.06. The van der Waals surface area contributed by atoms with Gasteiger partial charge in [0.25, 0.3) is 0 Å². The quantitative estimate of drug-likeness (QED) is 0.0666. The molecular weight excluding hydrogens is 759 g/mol. The van der Waals surface area contributed by atoms with Crippen molar-refractivity contribution in [1.82, 2.24) is 10.6 Å². The van der Waals surface area contributed by atoms with Crippen LogP contribution in [0.25, 0.3) is 11.0 Å². The van der Waals surface area contributed by atoms with Crippen molar-refractivity contribution in [3.63, 3.8) is 0 Å². The summed E-state index contributed by atoms with van der Waals surface area (Å²) < 4.78 is 16.9. The normalized spacial score (nSPS) is 11.6. The number of ether oxygens (including phenoxy) is 2. The second kappa shape index (κ2) is 30.9. The van der Waals surface area contributed by atoms with Crippen LogP contribution >= 0.6 is 0 Å². The standard InChI is InChI=1S/C23H27N3O4.C16H32N2O3.C2H6.2CH3NO/c1-15-12-22(27)30-21-13-18(9-10-19(15)21)29-14-16-5-7-17(8-6-16)26-23(28)20(25-2)4-3-11-24;1-12(2)13(11-19)18-14(20)15(3,4)8-10-21-16(5,6)7-9-17;1-2;2*2-1-3/h5-10,12-13,20,25H,3-4,11,14,24H2,1-2H3,(H,26,28);11-13H,7-10,17H2,1-6H3,(H,18,20);1-2H3;2*1H,(H2,2,3). The number of primary amides is 2. The summed E-state index contributed by atoms with van der Waals surface area (Å²) in [6.07, 6.45) is 4.14. The van der Waals surface area contributed by atoms with Gasteiger partial charge in [0.15, 0.2) is 0 Å². The molecule has 0 saturated heterocycles. The first-order valence-corrected chi connectivity index (χ1v) is 19.7. The second-order valence-corrected chi connectivity index (χ2v) is 14.6. The van der Waals surface area contributed by atoms with Gasteiger partial charge in [-0.3, -0.25) is 19.2 Å². The highest BCUT2D eigenvalue weighted by molar-refractivity contribution is 5.94. The molecule has 0 aliphatic heterocycles. The minimum absolute atomic E-state index is 0.0806. The number of carbonyl (C=O) groups is 5. The highest BCUT2D eigenvalue weighted by Crippen LogP contribution is 2.25. The lowest BCUT2D eigenvalue weighted by atomic mass is 9.87. The van der Waals surface area contributed by atoms with Crippen LogP contribution in [0.3, 0.4) is 0 Å². The van der Waals surface area contributed by atoms with Crippen LogP contribution in [0.15, 0.2) is 57.7 Å². The van der Waals surface area contributed by atoms with Crippen LogP contribution in [-0.2, 0) is 35.3 Å². The molecule has 16 heteroatoms. The minimum atomic E-state index is -0.574. The lowest BCUT2D eigenvalue weighted by Gasteiger charge is -2.30. The highest BCUT2D eigenvalue weighted by Gasteiger charge is 2.31. The van der Waals surface area contributed by atoms with Gasteiger partial charge in [-0.1, -0.05) is 53.7 Å². The molecule has 4 amide bonds. The van der Waals surface area contributed by atoms with Crippen LogP contribution in [-0.4, -0.2) is 75.3 Å². The molecule has 0 aliphatic carbocycles. The van der Waals surface area contributed by atoms with Crippen molar-refractivity contribution in [3.8, 4) is 5.75 Å². The Kier molecular flexibility index (Phi) is 29.3. The van der Waals surface area contributed by atoms with Crippen molar-refractivity contribution < 1.29 is 37.9 Å². The third-order valence-electron chi connectivity index (χ3n) is 8.66. The van der Waals surface area contributed by atoms with Gasteiger partial charge in [-0.15, -0.1) is 0 Å². The number of anilines is 1. The number of amides is 4. The largest absolute Gasteiger partial charge is 0.489 e. The number of rotatable bonds is 19. The number of hydrogen-bond acceptors (Lipinski definition) is 12. The molecule has 1 aromatic heterocycles. The van der Waals surface area contributed by atoms with E-state index in [2.05, 4.69) is 27.4 Å². The van der Waals surface area contributed by atoms with E-state index in [1.54, 1.807) is 13.1 Å². The van der Waals surface area contributed by atoms with E-state index in [9.17, 15) is 19.2 Å². The van der Waals surface area contributed by atoms with E-state index in [0.29, 0.717) is 50.5 Å². The maximum absolute atomic E-state index is 12.3. The van der Waals surface area contributed by atoms with Crippen LogP contribution in [0.1, 0.15) is 92.2 Å². The Morgan fingerprint density at radius 2 is 1.49 bits per heavy atom. The van der Waals surface area contributed by atoms with Crippen molar-refractivity contribution in [2.24, 2.45) is 34.3 Å². The fourth-order valence-electron chi connectivity index (χ4n) is 5.02. The molecule has 0 spiro atoms. The maximum Gasteiger partial charge on any atom is 0.336 e. The van der Waals surface area contributed by atoms with Gasteiger partial charge in [0, 0.05) is 35.2 Å². The number of nitrogens with two attached hydrogens (primary N) is 4. The smallest absolute Gasteiger partial charge is 0.336 e. The van der Waals surface area contributed by atoms with Crippen LogP contribution in [0.2, 0.25) is 0 Å². The Morgan fingerprint density at radius 1 is 0.898 bits per heavy atom. The minimum Gasteiger partial charge on any atom is -0.489 e. The lowest BCUT2D eigenvalue weighted by Crippen LogP contribution is -2.46. The molecule has 2 aromatic carbocycles. The number of likely N-dealkylation sites (N-methyl/N-ethyl adjacent to an activating group) is 1. The number of aldehydes is 1. The second-order valence-electron chi connectivity index (χ2n) is 14.6. The maximum atomic E-state index is 12.3. The van der Waals surface area contributed by atoms with Gasteiger partial charge >= 0.3 is 5.63 Å². The molecule has 16 nitrogen and oxygen atoms in total. The molecule has 0 fully saturated rings. The van der Waals surface area contributed by atoms with E-state index >= 15 is 0 Å². The van der Waals surface area contributed by atoms with Crippen LogP contribution in [0.4, 0.5) is 5.69 Å². The zero-order valence-electron chi connectivity index (χ0n) is 36.7. The zero-order chi connectivity index (χ0) is 45.6. The van der Waals surface area contributed by atoms with E-state index in [0.717, 1.165) is 41.3 Å². The van der Waals surface area contributed by atoms with E-state index in [1.165, 1.54) is 6.07 Å². The van der Waals surface area contributed by atoms with Gasteiger partial charge in [0.2, 0.25) is 24.6 Å². The fraction of sp³-hybridized carbons (Fsp3) is 0.535. The number of nitrogens with one attached hydrogen (secondary N) is 3. The van der Waals surface area contributed by atoms with Gasteiger partial charge < -0.3 is 57.6 Å². The Hall–Kier alpha value is -5.16. The third kappa shape index (κ3) is 23.1. The van der Waals surface area contributed by atoms with Crippen LogP contribution in [0.5, 0.6) is 5.75 Å². The molecule has 0 saturated carbocycles. The van der Waals surface area contributed by atoms with Gasteiger partial charge in [-0.2, -0.15) is 0 Å². The van der Waals surface area contributed by atoms with Gasteiger partial charge in [0.1, 0.15) is 24.2 Å². The SMILES string of the molecule is CC.CC(C)C(C=O)NC(=O)C(C)(C)CCOC(C)(C)CCN.CNC(CCCN)C(=O)Nc1ccc(COc2ccc3c(C)cc(=O)oc3c2)cc1.NC=O.NC=O. The highest BCUT2D eigenvalue weighted by atomic mass is 16.5. The molecule has 2 unspecified atom stereocenters. The van der Waals surface area contributed by atoms with Crippen molar-refractivity contribution in [2.45, 2.75) is 112 Å². The lowest BCUT2D eigenvalue weighted by molar-refractivity contribution is -0.133. The summed E-state index contributed by atoms with van der Waals surface area (Å²) in [7, 11) is 1.76. The van der Waals surface area contributed by atoms with Gasteiger partial charge in [-0.05, 0) is 108 Å². The average Bonchev–Trinajstić information content (AvgIpc) is 3.18. The van der Waals surface area contributed by atoms with Crippen molar-refractivity contribution in [1.29, 1.82) is 0 Å². The number of fused-ring (bicyclic) bond motifs is 1. The first-order chi connectivity index (χ1) is 27.9. The molecular formula is C43H71N7O9. The summed E-state index contributed by atoms with van der Waals surface area (Å²) in [5.74, 6) is 0.504. The molecule has 11 N–H and O–H groups in total. The molecule has 0 bridgehead atoms. The Bertz CT molecular complexity index is 1710. The van der Waals surface area contributed by atoms with Crippen molar-refractivity contribution in [2.75, 3.05) is 32.1 Å². The van der Waals surface area contributed by atoms with Crippen molar-refractivity contribution in [3.05, 3.63) is 70.1 Å². The summed E-state index contributed by atoms with van der Waals surface area (Å²) in [5.41, 5.74) is 21.2.